The molecule has 1 rings (SSSR count). The first-order chi connectivity index (χ1) is 7.90. The smallest absolute Gasteiger partial charge is 0.325 e. The SMILES string of the molecule is CCC1CCN(C(C)CC(C)(N)C(=O)OC)C1. The minimum Gasteiger partial charge on any atom is -0.468 e. The molecule has 100 valence electrons. The van der Waals surface area contributed by atoms with Crippen molar-refractivity contribution in [2.75, 3.05) is 20.2 Å². The van der Waals surface area contributed by atoms with Crippen molar-refractivity contribution in [3.63, 3.8) is 0 Å². The fourth-order valence-corrected chi connectivity index (χ4v) is 2.66. The highest BCUT2D eigenvalue weighted by Crippen LogP contribution is 2.24. The average Bonchev–Trinajstić information content (AvgIpc) is 2.75. The molecule has 3 atom stereocenters. The normalized spacial score (nSPS) is 26.5. The fraction of sp³-hybridized carbons (Fsp3) is 0.923. The highest BCUT2D eigenvalue weighted by Gasteiger charge is 2.34. The van der Waals surface area contributed by atoms with Crippen molar-refractivity contribution >= 4 is 5.97 Å². The number of likely N-dealkylation sites (tertiary alicyclic amines) is 1. The second kappa shape index (κ2) is 5.83. The van der Waals surface area contributed by atoms with Crippen LogP contribution in [0.2, 0.25) is 0 Å². The Balaban J connectivity index is 2.49. The van der Waals surface area contributed by atoms with Gasteiger partial charge in [-0.05, 0) is 39.2 Å². The zero-order chi connectivity index (χ0) is 13.1. The van der Waals surface area contributed by atoms with E-state index in [0.29, 0.717) is 12.5 Å². The summed E-state index contributed by atoms with van der Waals surface area (Å²) in [6.07, 6.45) is 3.15. The molecule has 0 amide bonds. The van der Waals surface area contributed by atoms with Gasteiger partial charge in [-0.1, -0.05) is 13.3 Å². The molecule has 0 spiro atoms. The van der Waals surface area contributed by atoms with Crippen molar-refractivity contribution in [3.8, 4) is 0 Å². The molecule has 0 bridgehead atoms. The van der Waals surface area contributed by atoms with E-state index in [1.807, 2.05) is 0 Å². The Hall–Kier alpha value is -0.610. The zero-order valence-corrected chi connectivity index (χ0v) is 11.5. The number of nitrogens with zero attached hydrogens (tertiary/aromatic N) is 1. The van der Waals surface area contributed by atoms with E-state index in [2.05, 4.69) is 18.7 Å². The van der Waals surface area contributed by atoms with Gasteiger partial charge in [0.1, 0.15) is 5.54 Å². The Morgan fingerprint density at radius 3 is 2.76 bits per heavy atom. The minimum atomic E-state index is -0.877. The van der Waals surface area contributed by atoms with E-state index < -0.39 is 5.54 Å². The molecule has 0 saturated carbocycles. The van der Waals surface area contributed by atoms with Gasteiger partial charge in [-0.3, -0.25) is 4.79 Å². The van der Waals surface area contributed by atoms with Crippen LogP contribution in [0.4, 0.5) is 0 Å². The number of rotatable bonds is 5. The van der Waals surface area contributed by atoms with Gasteiger partial charge < -0.3 is 15.4 Å². The Morgan fingerprint density at radius 2 is 2.29 bits per heavy atom. The van der Waals surface area contributed by atoms with E-state index in [1.54, 1.807) is 6.92 Å². The predicted octanol–water partition coefficient (Wildman–Crippen LogP) is 1.39. The van der Waals surface area contributed by atoms with Crippen LogP contribution >= 0.6 is 0 Å². The lowest BCUT2D eigenvalue weighted by atomic mass is 9.94. The van der Waals surface area contributed by atoms with Crippen molar-refractivity contribution in [1.82, 2.24) is 4.90 Å². The highest BCUT2D eigenvalue weighted by molar-refractivity contribution is 5.79. The van der Waals surface area contributed by atoms with E-state index in [1.165, 1.54) is 20.0 Å². The summed E-state index contributed by atoms with van der Waals surface area (Å²) in [5.41, 5.74) is 5.13. The van der Waals surface area contributed by atoms with Gasteiger partial charge >= 0.3 is 5.97 Å². The molecule has 0 radical (unpaired) electrons. The summed E-state index contributed by atoms with van der Waals surface area (Å²) < 4.78 is 4.74. The molecule has 1 fully saturated rings. The number of carbonyl (C=O) groups excluding carboxylic acids is 1. The third kappa shape index (κ3) is 3.68. The molecule has 4 nitrogen and oxygen atoms in total. The number of nitrogens with two attached hydrogens (primary N) is 1. The van der Waals surface area contributed by atoms with Gasteiger partial charge in [0.05, 0.1) is 7.11 Å². The Kier molecular flexibility index (Phi) is 4.95. The van der Waals surface area contributed by atoms with Crippen molar-refractivity contribution in [2.24, 2.45) is 11.7 Å². The zero-order valence-electron chi connectivity index (χ0n) is 11.5. The van der Waals surface area contributed by atoms with E-state index in [4.69, 9.17) is 10.5 Å². The molecule has 2 N–H and O–H groups in total. The molecular weight excluding hydrogens is 216 g/mol. The Bertz CT molecular complexity index is 266. The summed E-state index contributed by atoms with van der Waals surface area (Å²) in [6.45, 7) is 8.39. The quantitative estimate of drug-likeness (QED) is 0.740. The molecule has 17 heavy (non-hydrogen) atoms. The van der Waals surface area contributed by atoms with Gasteiger partial charge in [0.25, 0.3) is 0 Å². The summed E-state index contributed by atoms with van der Waals surface area (Å²) >= 11 is 0. The fourth-order valence-electron chi connectivity index (χ4n) is 2.66. The van der Waals surface area contributed by atoms with E-state index in [-0.39, 0.29) is 5.97 Å². The van der Waals surface area contributed by atoms with Gasteiger partial charge in [-0.25, -0.2) is 0 Å². The number of carbonyl (C=O) groups is 1. The van der Waals surface area contributed by atoms with Crippen LogP contribution in [-0.4, -0.2) is 42.6 Å². The Morgan fingerprint density at radius 1 is 1.65 bits per heavy atom. The lowest BCUT2D eigenvalue weighted by Gasteiger charge is -2.31. The first kappa shape index (κ1) is 14.5. The van der Waals surface area contributed by atoms with E-state index >= 15 is 0 Å². The largest absolute Gasteiger partial charge is 0.468 e. The van der Waals surface area contributed by atoms with Crippen molar-refractivity contribution in [1.29, 1.82) is 0 Å². The molecule has 4 heteroatoms. The summed E-state index contributed by atoms with van der Waals surface area (Å²) in [5, 5.41) is 0. The number of hydrogen-bond acceptors (Lipinski definition) is 4. The van der Waals surface area contributed by atoms with Gasteiger partial charge in [-0.2, -0.15) is 0 Å². The molecule has 1 saturated heterocycles. The maximum absolute atomic E-state index is 11.5. The molecule has 0 aromatic rings. The van der Waals surface area contributed by atoms with Crippen LogP contribution in [0.3, 0.4) is 0 Å². The monoisotopic (exact) mass is 242 g/mol. The molecule has 0 aromatic heterocycles. The second-order valence-electron chi connectivity index (χ2n) is 5.52. The molecule has 3 unspecified atom stereocenters. The van der Waals surface area contributed by atoms with Crippen LogP contribution in [0.1, 0.15) is 40.0 Å². The van der Waals surface area contributed by atoms with Crippen LogP contribution in [0.15, 0.2) is 0 Å². The molecule has 1 aliphatic heterocycles. The first-order valence-electron chi connectivity index (χ1n) is 6.52. The minimum absolute atomic E-state index is 0.324. The summed E-state index contributed by atoms with van der Waals surface area (Å²) in [4.78, 5) is 14.0. The standard InChI is InChI=1S/C13H26N2O2/c1-5-11-6-7-15(9-11)10(2)8-13(3,14)12(16)17-4/h10-11H,5-9,14H2,1-4H3. The highest BCUT2D eigenvalue weighted by atomic mass is 16.5. The third-order valence-electron chi connectivity index (χ3n) is 3.89. The number of esters is 1. The van der Waals surface area contributed by atoms with Gasteiger partial charge in [-0.15, -0.1) is 0 Å². The van der Waals surface area contributed by atoms with Crippen LogP contribution in [0, 0.1) is 5.92 Å². The summed E-state index contributed by atoms with van der Waals surface area (Å²) in [6, 6.07) is 0.334. The van der Waals surface area contributed by atoms with Crippen molar-refractivity contribution in [3.05, 3.63) is 0 Å². The molecule has 0 aromatic carbocycles. The maximum atomic E-state index is 11.5. The van der Waals surface area contributed by atoms with Gasteiger partial charge in [0.15, 0.2) is 0 Å². The number of ether oxygens (including phenoxy) is 1. The topological polar surface area (TPSA) is 55.6 Å². The van der Waals surface area contributed by atoms with E-state index in [9.17, 15) is 4.79 Å². The average molecular weight is 242 g/mol. The van der Waals surface area contributed by atoms with Crippen LogP contribution in [-0.2, 0) is 9.53 Å². The molecule has 0 aliphatic carbocycles. The number of methoxy groups -OCH3 is 1. The molecular formula is C13H26N2O2. The van der Waals surface area contributed by atoms with Crippen LogP contribution in [0.25, 0.3) is 0 Å². The van der Waals surface area contributed by atoms with Crippen LogP contribution in [0.5, 0.6) is 0 Å². The maximum Gasteiger partial charge on any atom is 0.325 e. The summed E-state index contributed by atoms with van der Waals surface area (Å²) in [5.74, 6) is 0.482. The lowest BCUT2D eigenvalue weighted by Crippen LogP contribution is -2.50. The van der Waals surface area contributed by atoms with Gasteiger partial charge in [0, 0.05) is 12.6 Å². The van der Waals surface area contributed by atoms with Crippen molar-refractivity contribution < 1.29 is 9.53 Å². The summed E-state index contributed by atoms with van der Waals surface area (Å²) in [7, 11) is 1.39. The number of hydrogen-bond donors (Lipinski definition) is 1. The van der Waals surface area contributed by atoms with Gasteiger partial charge in [0.2, 0.25) is 0 Å². The predicted molar refractivity (Wildman–Crippen MR) is 68.7 cm³/mol. The second-order valence-corrected chi connectivity index (χ2v) is 5.52. The van der Waals surface area contributed by atoms with Crippen molar-refractivity contribution in [2.45, 2.75) is 51.6 Å². The third-order valence-corrected chi connectivity index (χ3v) is 3.89. The first-order valence-corrected chi connectivity index (χ1v) is 6.52. The lowest BCUT2D eigenvalue weighted by molar-refractivity contribution is -0.147. The van der Waals surface area contributed by atoms with E-state index in [0.717, 1.165) is 19.0 Å². The molecule has 1 heterocycles. The molecule has 1 aliphatic rings. The van der Waals surface area contributed by atoms with Crippen LogP contribution < -0.4 is 5.73 Å². The Labute approximate surface area is 104 Å².